The van der Waals surface area contributed by atoms with Gasteiger partial charge in [-0.2, -0.15) is 0 Å². The molecule has 0 aliphatic heterocycles. The van der Waals surface area contributed by atoms with E-state index in [9.17, 15) is 13.2 Å². The average molecular weight is 407 g/mol. The molecule has 0 aromatic heterocycles. The van der Waals surface area contributed by atoms with Gasteiger partial charge >= 0.3 is 0 Å². The number of carbonyl (C=O) groups is 1. The number of carbonyl (C=O) groups excluding carboxylic acids is 1. The molecule has 0 bridgehead atoms. The minimum Gasteiger partial charge on any atom is -0.483 e. The quantitative estimate of drug-likeness (QED) is 0.658. The Hall–Kier alpha value is -2.03. The van der Waals surface area contributed by atoms with Crippen molar-refractivity contribution in [1.29, 1.82) is 0 Å². The summed E-state index contributed by atoms with van der Waals surface area (Å²) < 4.78 is 32.7. The van der Waals surface area contributed by atoms with Crippen molar-refractivity contribution in [2.75, 3.05) is 18.2 Å². The van der Waals surface area contributed by atoms with E-state index in [0.717, 1.165) is 23.4 Å². The van der Waals surface area contributed by atoms with E-state index in [1.165, 1.54) is 6.07 Å². The normalized spacial score (nSPS) is 14.0. The van der Waals surface area contributed by atoms with Crippen molar-refractivity contribution in [3.05, 3.63) is 48.0 Å². The maximum Gasteiger partial charge on any atom is 0.262 e. The molecular formula is C19H22N2O4S2. The van der Waals surface area contributed by atoms with Crippen molar-refractivity contribution in [1.82, 2.24) is 4.72 Å². The van der Waals surface area contributed by atoms with Crippen LogP contribution in [0.3, 0.4) is 0 Å². The maximum absolute atomic E-state index is 12.3. The molecule has 1 aliphatic carbocycles. The number of thioether (sulfide) groups is 1. The second kappa shape index (κ2) is 8.33. The minimum absolute atomic E-state index is 0.0547. The summed E-state index contributed by atoms with van der Waals surface area (Å²) in [6.07, 6.45) is 3.71. The number of hydrogen-bond donors (Lipinski definition) is 2. The molecule has 1 amide bonds. The average Bonchev–Trinajstić information content (AvgIpc) is 3.44. The number of nitrogens with one attached hydrogen (secondary N) is 2. The van der Waals surface area contributed by atoms with Gasteiger partial charge in [0.25, 0.3) is 5.91 Å². The Balaban J connectivity index is 1.61. The zero-order valence-electron chi connectivity index (χ0n) is 15.2. The van der Waals surface area contributed by atoms with E-state index in [2.05, 4.69) is 10.0 Å². The van der Waals surface area contributed by atoms with Crippen LogP contribution in [0.5, 0.6) is 5.75 Å². The molecule has 0 spiro atoms. The van der Waals surface area contributed by atoms with Gasteiger partial charge in [0.1, 0.15) is 5.75 Å². The van der Waals surface area contributed by atoms with Crippen molar-refractivity contribution >= 4 is 33.4 Å². The van der Waals surface area contributed by atoms with Crippen LogP contribution in [0.15, 0.2) is 52.3 Å². The molecule has 6 nitrogen and oxygen atoms in total. The van der Waals surface area contributed by atoms with Crippen LogP contribution in [0.1, 0.15) is 18.4 Å². The van der Waals surface area contributed by atoms with Crippen LogP contribution in [-0.4, -0.2) is 33.2 Å². The molecular weight excluding hydrogens is 384 g/mol. The van der Waals surface area contributed by atoms with Gasteiger partial charge < -0.3 is 10.1 Å². The first kappa shape index (κ1) is 19.7. The van der Waals surface area contributed by atoms with Crippen molar-refractivity contribution in [3.8, 4) is 5.75 Å². The molecule has 2 aromatic carbocycles. The van der Waals surface area contributed by atoms with E-state index in [1.54, 1.807) is 30.8 Å². The highest BCUT2D eigenvalue weighted by atomic mass is 32.2. The van der Waals surface area contributed by atoms with Gasteiger partial charge in [-0.25, -0.2) is 13.1 Å². The van der Waals surface area contributed by atoms with Crippen LogP contribution in [0, 0.1) is 6.92 Å². The van der Waals surface area contributed by atoms with Crippen LogP contribution < -0.4 is 14.8 Å². The van der Waals surface area contributed by atoms with E-state index in [1.807, 2.05) is 30.5 Å². The number of anilines is 1. The molecule has 0 unspecified atom stereocenters. The van der Waals surface area contributed by atoms with Crippen molar-refractivity contribution in [2.24, 2.45) is 0 Å². The van der Waals surface area contributed by atoms with Gasteiger partial charge in [-0.3, -0.25) is 4.79 Å². The highest BCUT2D eigenvalue weighted by Gasteiger charge is 2.28. The Morgan fingerprint density at radius 3 is 2.63 bits per heavy atom. The number of amides is 1. The Kier molecular flexibility index (Phi) is 6.08. The fourth-order valence-corrected chi connectivity index (χ4v) is 4.46. The first-order chi connectivity index (χ1) is 12.9. The lowest BCUT2D eigenvalue weighted by molar-refractivity contribution is -0.118. The topological polar surface area (TPSA) is 84.5 Å². The van der Waals surface area contributed by atoms with E-state index in [0.29, 0.717) is 11.3 Å². The van der Waals surface area contributed by atoms with Gasteiger partial charge in [0.2, 0.25) is 10.0 Å². The second-order valence-corrected chi connectivity index (χ2v) is 8.92. The number of para-hydroxylation sites is 1. The van der Waals surface area contributed by atoms with Gasteiger partial charge in [0.15, 0.2) is 6.61 Å². The standard InChI is InChI=1S/C19H22N2O4S2/c1-13-11-15(27(23,24)21-14-7-8-14)9-10-17(13)25-12-19(22)20-16-5-3-4-6-18(16)26-2/h3-6,9-11,14,21H,7-8,12H2,1-2H3,(H,20,22). The number of aryl methyl sites for hydroxylation is 1. The number of hydrogen-bond acceptors (Lipinski definition) is 5. The Morgan fingerprint density at radius 2 is 1.96 bits per heavy atom. The summed E-state index contributed by atoms with van der Waals surface area (Å²) in [5.41, 5.74) is 1.40. The summed E-state index contributed by atoms with van der Waals surface area (Å²) in [5.74, 6) is 0.205. The fourth-order valence-electron chi connectivity index (χ4n) is 2.52. The Labute approximate surface area is 163 Å². The van der Waals surface area contributed by atoms with E-state index >= 15 is 0 Å². The van der Waals surface area contributed by atoms with Crippen molar-refractivity contribution < 1.29 is 17.9 Å². The lowest BCUT2D eigenvalue weighted by atomic mass is 10.2. The van der Waals surface area contributed by atoms with Crippen molar-refractivity contribution in [2.45, 2.75) is 35.6 Å². The van der Waals surface area contributed by atoms with Crippen LogP contribution in [0.2, 0.25) is 0 Å². The second-order valence-electron chi connectivity index (χ2n) is 6.36. The fraction of sp³-hybridized carbons (Fsp3) is 0.316. The zero-order valence-corrected chi connectivity index (χ0v) is 16.8. The van der Waals surface area contributed by atoms with Crippen LogP contribution in [-0.2, 0) is 14.8 Å². The van der Waals surface area contributed by atoms with E-state index < -0.39 is 10.0 Å². The summed E-state index contributed by atoms with van der Waals surface area (Å²) in [6.45, 7) is 1.60. The predicted octanol–water partition coefficient (Wildman–Crippen LogP) is 3.18. The number of ether oxygens (including phenoxy) is 1. The van der Waals surface area contributed by atoms with Crippen LogP contribution in [0.25, 0.3) is 0 Å². The summed E-state index contributed by atoms with van der Waals surface area (Å²) in [6, 6.07) is 12.2. The molecule has 0 heterocycles. The third-order valence-corrected chi connectivity index (χ3v) is 6.41. The molecule has 3 rings (SSSR count). The lowest BCUT2D eigenvalue weighted by Crippen LogP contribution is -2.25. The molecule has 2 aromatic rings. The smallest absolute Gasteiger partial charge is 0.262 e. The summed E-state index contributed by atoms with van der Waals surface area (Å²) in [4.78, 5) is 13.3. The first-order valence-corrected chi connectivity index (χ1v) is 11.3. The molecule has 144 valence electrons. The number of rotatable bonds is 8. The van der Waals surface area contributed by atoms with Crippen LogP contribution in [0.4, 0.5) is 5.69 Å². The van der Waals surface area contributed by atoms with Crippen molar-refractivity contribution in [3.63, 3.8) is 0 Å². The molecule has 0 atom stereocenters. The highest BCUT2D eigenvalue weighted by molar-refractivity contribution is 7.98. The molecule has 1 aliphatic rings. The molecule has 0 radical (unpaired) electrons. The lowest BCUT2D eigenvalue weighted by Gasteiger charge is -2.12. The zero-order chi connectivity index (χ0) is 19.4. The van der Waals surface area contributed by atoms with Gasteiger partial charge in [0.05, 0.1) is 10.6 Å². The summed E-state index contributed by atoms with van der Waals surface area (Å²) >= 11 is 1.55. The summed E-state index contributed by atoms with van der Waals surface area (Å²) in [5, 5.41) is 2.82. The van der Waals surface area contributed by atoms with Gasteiger partial charge in [-0.15, -0.1) is 11.8 Å². The highest BCUT2D eigenvalue weighted by Crippen LogP contribution is 2.26. The van der Waals surface area contributed by atoms with Crippen LogP contribution >= 0.6 is 11.8 Å². The first-order valence-electron chi connectivity index (χ1n) is 8.57. The third kappa shape index (κ3) is 5.24. The number of benzene rings is 2. The van der Waals surface area contributed by atoms with Gasteiger partial charge in [-0.05, 0) is 61.9 Å². The molecule has 0 saturated heterocycles. The number of sulfonamides is 1. The molecule has 8 heteroatoms. The van der Waals surface area contributed by atoms with Gasteiger partial charge in [-0.1, -0.05) is 12.1 Å². The predicted molar refractivity (Wildman–Crippen MR) is 107 cm³/mol. The summed E-state index contributed by atoms with van der Waals surface area (Å²) in [7, 11) is -3.50. The molecule has 27 heavy (non-hydrogen) atoms. The molecule has 1 saturated carbocycles. The SMILES string of the molecule is CSc1ccccc1NC(=O)COc1ccc(S(=O)(=O)NC2CC2)cc1C. The largest absolute Gasteiger partial charge is 0.483 e. The third-order valence-electron chi connectivity index (χ3n) is 4.10. The Bertz CT molecular complexity index is 940. The molecule has 1 fully saturated rings. The van der Waals surface area contributed by atoms with E-state index in [4.69, 9.17) is 4.74 Å². The minimum atomic E-state index is -3.50. The molecule has 2 N–H and O–H groups in total. The maximum atomic E-state index is 12.3. The van der Waals surface area contributed by atoms with Gasteiger partial charge in [0, 0.05) is 10.9 Å². The van der Waals surface area contributed by atoms with E-state index in [-0.39, 0.29) is 23.5 Å². The monoisotopic (exact) mass is 406 g/mol. The Morgan fingerprint density at radius 1 is 1.22 bits per heavy atom.